The summed E-state index contributed by atoms with van der Waals surface area (Å²) in [7, 11) is -0.555. The van der Waals surface area contributed by atoms with Crippen LogP contribution >= 0.6 is 0 Å². The lowest BCUT2D eigenvalue weighted by Crippen LogP contribution is -2.41. The van der Waals surface area contributed by atoms with Gasteiger partial charge >= 0.3 is 7.12 Å². The van der Waals surface area contributed by atoms with E-state index in [-0.39, 0.29) is 5.92 Å². The summed E-state index contributed by atoms with van der Waals surface area (Å²) in [6, 6.07) is 3.33. The molecule has 0 aliphatic carbocycles. The Kier molecular flexibility index (Phi) is 4.04. The third-order valence-electron chi connectivity index (χ3n) is 5.00. The standard InChI is InChI=1S/C16H23BFNO3/c1-15(2)16(3,4)22-17(21-15)12-9-13(19-14(18)10-12)11-5-7-20-8-6-11/h9-11H,5-8H2,1-4H3. The number of aromatic nitrogens is 1. The predicted molar refractivity (Wildman–Crippen MR) is 82.7 cm³/mol. The van der Waals surface area contributed by atoms with E-state index >= 15 is 0 Å². The fourth-order valence-electron chi connectivity index (χ4n) is 2.86. The molecule has 1 aromatic heterocycles. The number of ether oxygens (including phenoxy) is 1. The molecule has 0 atom stereocenters. The van der Waals surface area contributed by atoms with Crippen LogP contribution < -0.4 is 5.46 Å². The van der Waals surface area contributed by atoms with Crippen LogP contribution in [-0.2, 0) is 14.0 Å². The summed E-state index contributed by atoms with van der Waals surface area (Å²) < 4.78 is 31.3. The van der Waals surface area contributed by atoms with Crippen LogP contribution in [-0.4, -0.2) is 36.5 Å². The summed E-state index contributed by atoms with van der Waals surface area (Å²) in [5, 5.41) is 0. The van der Waals surface area contributed by atoms with Crippen molar-refractivity contribution in [3.8, 4) is 0 Å². The smallest absolute Gasteiger partial charge is 0.399 e. The van der Waals surface area contributed by atoms with E-state index in [1.807, 2.05) is 33.8 Å². The molecule has 0 unspecified atom stereocenters. The largest absolute Gasteiger partial charge is 0.495 e. The minimum Gasteiger partial charge on any atom is -0.399 e. The highest BCUT2D eigenvalue weighted by atomic mass is 19.1. The summed E-state index contributed by atoms with van der Waals surface area (Å²) in [6.07, 6.45) is 1.75. The van der Waals surface area contributed by atoms with Gasteiger partial charge in [-0.25, -0.2) is 4.98 Å². The first-order chi connectivity index (χ1) is 10.3. The topological polar surface area (TPSA) is 40.6 Å². The normalized spacial score (nSPS) is 24.7. The minimum atomic E-state index is -0.555. The molecule has 2 aliphatic heterocycles. The number of rotatable bonds is 2. The molecule has 0 spiro atoms. The fraction of sp³-hybridized carbons (Fsp3) is 0.688. The minimum absolute atomic E-state index is 0.241. The zero-order valence-corrected chi connectivity index (χ0v) is 13.7. The van der Waals surface area contributed by atoms with Gasteiger partial charge in [0, 0.05) is 24.8 Å². The molecule has 120 valence electrons. The van der Waals surface area contributed by atoms with Crippen LogP contribution in [0.1, 0.15) is 52.1 Å². The molecule has 3 heterocycles. The lowest BCUT2D eigenvalue weighted by Gasteiger charge is -2.32. The molecule has 2 fully saturated rings. The lowest BCUT2D eigenvalue weighted by atomic mass is 9.78. The van der Waals surface area contributed by atoms with E-state index < -0.39 is 24.3 Å². The van der Waals surface area contributed by atoms with E-state index in [1.54, 1.807) is 0 Å². The molecule has 0 aromatic carbocycles. The zero-order valence-electron chi connectivity index (χ0n) is 13.7. The van der Waals surface area contributed by atoms with Gasteiger partial charge in [-0.05, 0) is 58.1 Å². The molecular weight excluding hydrogens is 284 g/mol. The number of hydrogen-bond acceptors (Lipinski definition) is 4. The third-order valence-corrected chi connectivity index (χ3v) is 5.00. The van der Waals surface area contributed by atoms with Crippen molar-refractivity contribution in [2.75, 3.05) is 13.2 Å². The second kappa shape index (κ2) is 5.58. The van der Waals surface area contributed by atoms with Crippen molar-refractivity contribution in [1.29, 1.82) is 0 Å². The molecule has 6 heteroatoms. The van der Waals surface area contributed by atoms with E-state index in [4.69, 9.17) is 14.0 Å². The molecule has 2 aliphatic rings. The van der Waals surface area contributed by atoms with E-state index in [9.17, 15) is 4.39 Å². The summed E-state index contributed by atoms with van der Waals surface area (Å²) in [5.41, 5.74) is 0.604. The van der Waals surface area contributed by atoms with Gasteiger partial charge in [0.25, 0.3) is 0 Å². The Balaban J connectivity index is 1.87. The maximum Gasteiger partial charge on any atom is 0.495 e. The van der Waals surface area contributed by atoms with Crippen LogP contribution in [0.4, 0.5) is 4.39 Å². The maximum absolute atomic E-state index is 14.0. The van der Waals surface area contributed by atoms with Crippen molar-refractivity contribution in [1.82, 2.24) is 4.98 Å². The molecule has 0 bridgehead atoms. The number of pyridine rings is 1. The Morgan fingerprint density at radius 3 is 2.27 bits per heavy atom. The number of nitrogens with zero attached hydrogens (tertiary/aromatic N) is 1. The SMILES string of the molecule is CC1(C)OB(c2cc(F)nc(C3CCOCC3)c2)OC1(C)C. The average Bonchev–Trinajstić information content (AvgIpc) is 2.68. The van der Waals surface area contributed by atoms with Crippen molar-refractivity contribution in [3.63, 3.8) is 0 Å². The molecule has 2 saturated heterocycles. The van der Waals surface area contributed by atoms with E-state index in [2.05, 4.69) is 4.98 Å². The Morgan fingerprint density at radius 1 is 1.09 bits per heavy atom. The van der Waals surface area contributed by atoms with Gasteiger partial charge in [0.1, 0.15) is 0 Å². The fourth-order valence-corrected chi connectivity index (χ4v) is 2.86. The first-order valence-electron chi connectivity index (χ1n) is 7.89. The monoisotopic (exact) mass is 307 g/mol. The molecule has 0 N–H and O–H groups in total. The third kappa shape index (κ3) is 2.92. The second-order valence-electron chi connectivity index (χ2n) is 7.12. The van der Waals surface area contributed by atoms with Crippen LogP contribution in [0, 0.1) is 5.95 Å². The van der Waals surface area contributed by atoms with E-state index in [0.717, 1.165) is 18.5 Å². The first-order valence-corrected chi connectivity index (χ1v) is 7.89. The Morgan fingerprint density at radius 2 is 1.68 bits per heavy atom. The quantitative estimate of drug-likeness (QED) is 0.621. The van der Waals surface area contributed by atoms with Crippen LogP contribution in [0.25, 0.3) is 0 Å². The highest BCUT2D eigenvalue weighted by Crippen LogP contribution is 2.36. The number of hydrogen-bond donors (Lipinski definition) is 0. The van der Waals surface area contributed by atoms with Crippen molar-refractivity contribution in [3.05, 3.63) is 23.8 Å². The van der Waals surface area contributed by atoms with Gasteiger partial charge in [-0.3, -0.25) is 0 Å². The molecular formula is C16H23BFNO3. The Hall–Kier alpha value is -0.975. The van der Waals surface area contributed by atoms with Crippen LogP contribution in [0.5, 0.6) is 0 Å². The van der Waals surface area contributed by atoms with Crippen LogP contribution in [0.2, 0.25) is 0 Å². The lowest BCUT2D eigenvalue weighted by molar-refractivity contribution is 0.00578. The summed E-state index contributed by atoms with van der Waals surface area (Å²) in [6.45, 7) is 9.37. The summed E-state index contributed by atoms with van der Waals surface area (Å²) in [5.74, 6) is -0.237. The van der Waals surface area contributed by atoms with Gasteiger partial charge < -0.3 is 14.0 Å². The van der Waals surface area contributed by atoms with Crippen molar-refractivity contribution in [2.45, 2.75) is 57.7 Å². The van der Waals surface area contributed by atoms with Gasteiger partial charge in [0.15, 0.2) is 0 Å². The predicted octanol–water partition coefficient (Wildman–Crippen LogP) is 2.41. The highest BCUT2D eigenvalue weighted by molar-refractivity contribution is 6.62. The second-order valence-corrected chi connectivity index (χ2v) is 7.12. The Bertz CT molecular complexity index is 542. The van der Waals surface area contributed by atoms with E-state index in [1.165, 1.54) is 6.07 Å². The van der Waals surface area contributed by atoms with Gasteiger partial charge in [-0.2, -0.15) is 4.39 Å². The molecule has 4 nitrogen and oxygen atoms in total. The summed E-state index contributed by atoms with van der Waals surface area (Å²) >= 11 is 0. The maximum atomic E-state index is 14.0. The van der Waals surface area contributed by atoms with Crippen LogP contribution in [0.3, 0.4) is 0 Å². The van der Waals surface area contributed by atoms with Gasteiger partial charge in [0.2, 0.25) is 5.95 Å². The van der Waals surface area contributed by atoms with Crippen molar-refractivity contribution < 1.29 is 18.4 Å². The van der Waals surface area contributed by atoms with Gasteiger partial charge in [-0.1, -0.05) is 0 Å². The molecule has 0 amide bonds. The van der Waals surface area contributed by atoms with Gasteiger partial charge in [0.05, 0.1) is 11.2 Å². The van der Waals surface area contributed by atoms with Crippen molar-refractivity contribution in [2.24, 2.45) is 0 Å². The van der Waals surface area contributed by atoms with E-state index in [0.29, 0.717) is 18.7 Å². The number of halogens is 1. The van der Waals surface area contributed by atoms with Gasteiger partial charge in [-0.15, -0.1) is 0 Å². The molecule has 1 aromatic rings. The molecule has 0 radical (unpaired) electrons. The average molecular weight is 307 g/mol. The van der Waals surface area contributed by atoms with Crippen molar-refractivity contribution >= 4 is 12.6 Å². The molecule has 22 heavy (non-hydrogen) atoms. The summed E-state index contributed by atoms with van der Waals surface area (Å²) in [4.78, 5) is 4.07. The van der Waals surface area contributed by atoms with Crippen LogP contribution in [0.15, 0.2) is 12.1 Å². The molecule has 3 rings (SSSR count). The molecule has 0 saturated carbocycles. The Labute approximate surface area is 131 Å². The highest BCUT2D eigenvalue weighted by Gasteiger charge is 2.51. The first kappa shape index (κ1) is 15.9. The zero-order chi connectivity index (χ0) is 16.0.